The van der Waals surface area contributed by atoms with Gasteiger partial charge in [-0.25, -0.2) is 0 Å². The van der Waals surface area contributed by atoms with Crippen LogP contribution in [0.1, 0.15) is 18.9 Å². The Balaban J connectivity index is 2.29. The minimum absolute atomic E-state index is 0.283. The quantitative estimate of drug-likeness (QED) is 0.546. The molecule has 0 aliphatic heterocycles. The van der Waals surface area contributed by atoms with Gasteiger partial charge in [0.15, 0.2) is 0 Å². The Bertz CT molecular complexity index is 316. The van der Waals surface area contributed by atoms with Crippen LogP contribution >= 0.6 is 0 Å². The van der Waals surface area contributed by atoms with Crippen molar-refractivity contribution in [1.29, 1.82) is 0 Å². The van der Waals surface area contributed by atoms with Crippen LogP contribution in [0.25, 0.3) is 0 Å². The van der Waals surface area contributed by atoms with E-state index < -0.39 is 0 Å². The maximum absolute atomic E-state index is 10.5. The van der Waals surface area contributed by atoms with Crippen LogP contribution in [0.4, 0.5) is 0 Å². The van der Waals surface area contributed by atoms with Crippen molar-refractivity contribution < 1.29 is 14.3 Å². The Hall–Kier alpha value is -1.51. The van der Waals surface area contributed by atoms with E-state index in [9.17, 15) is 4.79 Å². The van der Waals surface area contributed by atoms with E-state index >= 15 is 0 Å². The minimum Gasteiger partial charge on any atom is -0.490 e. The molecule has 0 saturated carbocycles. The summed E-state index contributed by atoms with van der Waals surface area (Å²) in [6, 6.07) is 7.87. The van der Waals surface area contributed by atoms with E-state index in [4.69, 9.17) is 9.47 Å². The molecule has 0 aliphatic carbocycles. The maximum atomic E-state index is 10.5. The molecule has 0 atom stereocenters. The highest BCUT2D eigenvalue weighted by Gasteiger charge is 1.96. The van der Waals surface area contributed by atoms with Gasteiger partial charge in [-0.2, -0.15) is 0 Å². The van der Waals surface area contributed by atoms with Crippen molar-refractivity contribution in [2.45, 2.75) is 19.8 Å². The van der Waals surface area contributed by atoms with E-state index in [0.717, 1.165) is 18.6 Å². The monoisotopic (exact) mass is 221 g/mol. The number of ether oxygens (including phenoxy) is 2. The fourth-order valence-corrected chi connectivity index (χ4v) is 1.30. The summed E-state index contributed by atoms with van der Waals surface area (Å²) in [5, 5.41) is 0. The van der Waals surface area contributed by atoms with Gasteiger partial charge in [0.2, 0.25) is 0 Å². The summed E-state index contributed by atoms with van der Waals surface area (Å²) in [4.78, 5) is 10.5. The third-order valence-electron chi connectivity index (χ3n) is 2.05. The summed E-state index contributed by atoms with van der Waals surface area (Å²) in [6.45, 7) is 5.85. The molecule has 3 nitrogen and oxygen atoms in total. The molecule has 1 radical (unpaired) electrons. The lowest BCUT2D eigenvalue weighted by Gasteiger charge is -2.06. The third kappa shape index (κ3) is 4.82. The predicted molar refractivity (Wildman–Crippen MR) is 62.2 cm³/mol. The zero-order valence-corrected chi connectivity index (χ0v) is 9.57. The molecule has 1 aromatic carbocycles. The molecule has 0 spiro atoms. The molecular formula is C13H17O3. The molecule has 1 rings (SSSR count). The zero-order chi connectivity index (χ0) is 11.8. The van der Waals surface area contributed by atoms with Crippen LogP contribution in [0.15, 0.2) is 24.3 Å². The molecule has 0 aliphatic rings. The van der Waals surface area contributed by atoms with Gasteiger partial charge >= 0.3 is 5.97 Å². The Kier molecular flexibility index (Phi) is 5.40. The number of hydrogen-bond donors (Lipinski definition) is 0. The molecule has 0 aromatic heterocycles. The van der Waals surface area contributed by atoms with Gasteiger partial charge in [0.05, 0.1) is 0 Å². The first-order chi connectivity index (χ1) is 7.72. The lowest BCUT2D eigenvalue weighted by atomic mass is 10.1. The second-order valence-electron chi connectivity index (χ2n) is 3.44. The van der Waals surface area contributed by atoms with Gasteiger partial charge in [0.25, 0.3) is 0 Å². The van der Waals surface area contributed by atoms with E-state index in [0.29, 0.717) is 6.61 Å². The van der Waals surface area contributed by atoms with Crippen molar-refractivity contribution in [1.82, 2.24) is 0 Å². The minimum atomic E-state index is -0.283. The summed E-state index contributed by atoms with van der Waals surface area (Å²) >= 11 is 0. The first-order valence-corrected chi connectivity index (χ1v) is 5.36. The van der Waals surface area contributed by atoms with Gasteiger partial charge < -0.3 is 9.47 Å². The van der Waals surface area contributed by atoms with Crippen LogP contribution in [-0.2, 0) is 16.0 Å². The van der Waals surface area contributed by atoms with E-state index in [-0.39, 0.29) is 12.6 Å². The highest BCUT2D eigenvalue weighted by molar-refractivity contribution is 5.65. The molecule has 16 heavy (non-hydrogen) atoms. The van der Waals surface area contributed by atoms with Crippen LogP contribution in [0.3, 0.4) is 0 Å². The van der Waals surface area contributed by atoms with Crippen molar-refractivity contribution in [2.75, 3.05) is 13.2 Å². The second-order valence-corrected chi connectivity index (χ2v) is 3.44. The van der Waals surface area contributed by atoms with Crippen molar-refractivity contribution >= 4 is 5.97 Å². The molecule has 3 heteroatoms. The lowest BCUT2D eigenvalue weighted by Crippen LogP contribution is -2.09. The fraction of sp³-hybridized carbons (Fsp3) is 0.385. The van der Waals surface area contributed by atoms with Gasteiger partial charge in [-0.1, -0.05) is 19.1 Å². The molecule has 0 saturated heterocycles. The third-order valence-corrected chi connectivity index (χ3v) is 2.05. The average molecular weight is 221 g/mol. The number of esters is 1. The van der Waals surface area contributed by atoms with Crippen LogP contribution in [0, 0.1) is 6.92 Å². The summed E-state index contributed by atoms with van der Waals surface area (Å²) in [5.74, 6) is 0.509. The normalized spacial score (nSPS) is 9.88. The van der Waals surface area contributed by atoms with Crippen molar-refractivity contribution in [3.05, 3.63) is 36.8 Å². The number of carbonyl (C=O) groups excluding carboxylic acids is 1. The maximum Gasteiger partial charge on any atom is 0.302 e. The topological polar surface area (TPSA) is 35.5 Å². The second kappa shape index (κ2) is 6.88. The Morgan fingerprint density at radius 1 is 1.25 bits per heavy atom. The summed E-state index contributed by atoms with van der Waals surface area (Å²) < 4.78 is 10.2. The van der Waals surface area contributed by atoms with Crippen LogP contribution < -0.4 is 4.74 Å². The Morgan fingerprint density at radius 3 is 2.50 bits per heavy atom. The fourth-order valence-electron chi connectivity index (χ4n) is 1.30. The summed E-state index contributed by atoms with van der Waals surface area (Å²) in [6.07, 6.45) is 1.88. The largest absolute Gasteiger partial charge is 0.490 e. The van der Waals surface area contributed by atoms with Gasteiger partial charge in [0.1, 0.15) is 19.0 Å². The summed E-state index contributed by atoms with van der Waals surface area (Å²) in [5.41, 5.74) is 1.25. The number of aryl methyl sites for hydroxylation is 1. The van der Waals surface area contributed by atoms with Crippen LogP contribution in [0.5, 0.6) is 5.75 Å². The SMILES string of the molecule is [CH2]CCc1ccc(OCCOC(C)=O)cc1. The van der Waals surface area contributed by atoms with Crippen molar-refractivity contribution in [3.8, 4) is 5.75 Å². The smallest absolute Gasteiger partial charge is 0.302 e. The first-order valence-electron chi connectivity index (χ1n) is 5.36. The van der Waals surface area contributed by atoms with E-state index in [1.54, 1.807) is 0 Å². The standard InChI is InChI=1S/C13H17O3/c1-3-4-12-5-7-13(8-6-12)16-10-9-15-11(2)14/h5-8H,1,3-4,9-10H2,2H3. The van der Waals surface area contributed by atoms with Crippen LogP contribution in [0.2, 0.25) is 0 Å². The van der Waals surface area contributed by atoms with Gasteiger partial charge in [0, 0.05) is 6.92 Å². The molecule has 0 unspecified atom stereocenters. The first kappa shape index (κ1) is 12.6. The molecule has 0 amide bonds. The number of hydrogen-bond acceptors (Lipinski definition) is 3. The molecule has 0 fully saturated rings. The predicted octanol–water partition coefficient (Wildman–Crippen LogP) is 2.40. The molecule has 1 aromatic rings. The molecule has 0 heterocycles. The molecular weight excluding hydrogens is 204 g/mol. The number of carbonyl (C=O) groups is 1. The molecule has 87 valence electrons. The van der Waals surface area contributed by atoms with E-state index in [1.807, 2.05) is 24.3 Å². The number of rotatable bonds is 6. The average Bonchev–Trinajstić information content (AvgIpc) is 2.27. The lowest BCUT2D eigenvalue weighted by molar-refractivity contribution is -0.141. The van der Waals surface area contributed by atoms with Gasteiger partial charge in [-0.3, -0.25) is 4.79 Å². The van der Waals surface area contributed by atoms with E-state index in [2.05, 4.69) is 6.92 Å². The van der Waals surface area contributed by atoms with Crippen LogP contribution in [-0.4, -0.2) is 19.2 Å². The van der Waals surface area contributed by atoms with Crippen molar-refractivity contribution in [3.63, 3.8) is 0 Å². The van der Waals surface area contributed by atoms with E-state index in [1.165, 1.54) is 12.5 Å². The van der Waals surface area contributed by atoms with Crippen molar-refractivity contribution in [2.24, 2.45) is 0 Å². The molecule has 0 bridgehead atoms. The Morgan fingerprint density at radius 2 is 1.94 bits per heavy atom. The molecule has 0 N–H and O–H groups in total. The Labute approximate surface area is 96.4 Å². The van der Waals surface area contributed by atoms with Gasteiger partial charge in [-0.15, -0.1) is 0 Å². The van der Waals surface area contributed by atoms with Gasteiger partial charge in [-0.05, 0) is 30.5 Å². The highest BCUT2D eigenvalue weighted by atomic mass is 16.6. The summed E-state index contributed by atoms with van der Waals surface area (Å²) in [7, 11) is 0. The zero-order valence-electron chi connectivity index (χ0n) is 9.57. The highest BCUT2D eigenvalue weighted by Crippen LogP contribution is 2.13. The number of benzene rings is 1.